The highest BCUT2D eigenvalue weighted by Crippen LogP contribution is 2.31. The summed E-state index contributed by atoms with van der Waals surface area (Å²) < 4.78 is 18.4. The highest BCUT2D eigenvalue weighted by Gasteiger charge is 2.17. The molecule has 1 heterocycles. The predicted octanol–water partition coefficient (Wildman–Crippen LogP) is 2.97. The number of aliphatic hydroxyl groups excluding tert-OH is 1. The third kappa shape index (κ3) is 3.07. The van der Waals surface area contributed by atoms with E-state index in [4.69, 9.17) is 4.74 Å². The first kappa shape index (κ1) is 13.9. The molecule has 0 fully saturated rings. The fourth-order valence-electron chi connectivity index (χ4n) is 1.55. The Balaban J connectivity index is 2.29. The maximum Gasteiger partial charge on any atom is 0.311 e. The molecule has 1 atom stereocenters. The molecule has 0 radical (unpaired) electrons. The van der Waals surface area contributed by atoms with E-state index in [1.54, 1.807) is 6.92 Å². The minimum absolute atomic E-state index is 0.207. The zero-order chi connectivity index (χ0) is 14.7. The lowest BCUT2D eigenvalue weighted by Crippen LogP contribution is -1.97. The number of nitro groups is 1. The van der Waals surface area contributed by atoms with Crippen molar-refractivity contribution < 1.29 is 19.2 Å². The van der Waals surface area contributed by atoms with Crippen molar-refractivity contribution in [2.45, 2.75) is 13.0 Å². The Kier molecular flexibility index (Phi) is 3.90. The minimum atomic E-state index is -0.729. The quantitative estimate of drug-likeness (QED) is 0.686. The SMILES string of the molecule is C[C@H](O)c1ccc(Oc2cc(F)ccc2[N+](=O)[O-])cn1. The average Bonchev–Trinajstić information content (AvgIpc) is 2.39. The van der Waals surface area contributed by atoms with Gasteiger partial charge in [-0.2, -0.15) is 0 Å². The molecular formula is C13H11FN2O4. The number of nitro benzene ring substituents is 1. The molecule has 0 aliphatic carbocycles. The van der Waals surface area contributed by atoms with Crippen LogP contribution in [0.1, 0.15) is 18.7 Å². The molecule has 0 saturated heterocycles. The normalized spacial score (nSPS) is 11.9. The van der Waals surface area contributed by atoms with Crippen molar-refractivity contribution in [1.29, 1.82) is 0 Å². The van der Waals surface area contributed by atoms with E-state index in [1.165, 1.54) is 18.3 Å². The number of aliphatic hydroxyl groups is 1. The van der Waals surface area contributed by atoms with Gasteiger partial charge in [0.1, 0.15) is 11.6 Å². The van der Waals surface area contributed by atoms with Gasteiger partial charge >= 0.3 is 5.69 Å². The summed E-state index contributed by atoms with van der Waals surface area (Å²) in [5.74, 6) is -0.635. The van der Waals surface area contributed by atoms with Crippen molar-refractivity contribution in [2.75, 3.05) is 0 Å². The van der Waals surface area contributed by atoms with Gasteiger partial charge in [-0.3, -0.25) is 15.1 Å². The molecule has 6 nitrogen and oxygen atoms in total. The molecule has 1 N–H and O–H groups in total. The molecule has 104 valence electrons. The van der Waals surface area contributed by atoms with Gasteiger partial charge in [0.2, 0.25) is 5.75 Å². The largest absolute Gasteiger partial charge is 0.448 e. The van der Waals surface area contributed by atoms with E-state index >= 15 is 0 Å². The van der Waals surface area contributed by atoms with Crippen molar-refractivity contribution >= 4 is 5.69 Å². The van der Waals surface area contributed by atoms with E-state index in [-0.39, 0.29) is 17.2 Å². The molecule has 0 unspecified atom stereocenters. The molecule has 1 aromatic carbocycles. The van der Waals surface area contributed by atoms with Crippen LogP contribution in [0.5, 0.6) is 11.5 Å². The highest BCUT2D eigenvalue weighted by molar-refractivity contribution is 5.48. The topological polar surface area (TPSA) is 85.5 Å². The summed E-state index contributed by atoms with van der Waals surface area (Å²) >= 11 is 0. The molecule has 7 heteroatoms. The second-order valence-corrected chi connectivity index (χ2v) is 4.07. The molecule has 0 bridgehead atoms. The summed E-state index contributed by atoms with van der Waals surface area (Å²) in [6.07, 6.45) is 0.573. The Morgan fingerprint density at radius 3 is 2.70 bits per heavy atom. The summed E-state index contributed by atoms with van der Waals surface area (Å²) in [7, 11) is 0. The van der Waals surface area contributed by atoms with Crippen LogP contribution in [-0.2, 0) is 0 Å². The van der Waals surface area contributed by atoms with Crippen LogP contribution >= 0.6 is 0 Å². The van der Waals surface area contributed by atoms with Gasteiger partial charge in [0.05, 0.1) is 22.9 Å². The zero-order valence-corrected chi connectivity index (χ0v) is 10.5. The van der Waals surface area contributed by atoms with Crippen molar-refractivity contribution in [3.05, 3.63) is 58.2 Å². The average molecular weight is 278 g/mol. The van der Waals surface area contributed by atoms with Crippen LogP contribution in [0, 0.1) is 15.9 Å². The molecule has 0 saturated carbocycles. The van der Waals surface area contributed by atoms with Crippen LogP contribution in [-0.4, -0.2) is 15.0 Å². The van der Waals surface area contributed by atoms with Crippen LogP contribution in [0.4, 0.5) is 10.1 Å². The molecule has 0 aliphatic rings. The number of hydrogen-bond acceptors (Lipinski definition) is 5. The van der Waals surface area contributed by atoms with Gasteiger partial charge in [-0.15, -0.1) is 0 Å². The molecule has 2 aromatic rings. The second-order valence-electron chi connectivity index (χ2n) is 4.07. The molecule has 2 rings (SSSR count). The number of benzene rings is 1. The third-order valence-corrected chi connectivity index (χ3v) is 2.53. The Bertz CT molecular complexity index is 629. The summed E-state index contributed by atoms with van der Waals surface area (Å²) in [4.78, 5) is 14.1. The van der Waals surface area contributed by atoms with Crippen LogP contribution in [0.3, 0.4) is 0 Å². The first-order chi connectivity index (χ1) is 9.47. The van der Waals surface area contributed by atoms with Crippen molar-refractivity contribution in [3.8, 4) is 11.5 Å². The van der Waals surface area contributed by atoms with Gasteiger partial charge in [-0.25, -0.2) is 4.39 Å². The number of pyridine rings is 1. The lowest BCUT2D eigenvalue weighted by molar-refractivity contribution is -0.385. The van der Waals surface area contributed by atoms with E-state index in [9.17, 15) is 19.6 Å². The predicted molar refractivity (Wildman–Crippen MR) is 68.0 cm³/mol. The Hall–Kier alpha value is -2.54. The van der Waals surface area contributed by atoms with E-state index in [0.29, 0.717) is 5.69 Å². The molecule has 0 spiro atoms. The van der Waals surface area contributed by atoms with Crippen LogP contribution in [0.15, 0.2) is 36.5 Å². The highest BCUT2D eigenvalue weighted by atomic mass is 19.1. The van der Waals surface area contributed by atoms with Gasteiger partial charge < -0.3 is 9.84 Å². The molecule has 0 amide bonds. The van der Waals surface area contributed by atoms with E-state index < -0.39 is 16.8 Å². The number of rotatable bonds is 4. The summed E-state index contributed by atoms with van der Waals surface area (Å²) in [5, 5.41) is 20.1. The van der Waals surface area contributed by atoms with Gasteiger partial charge in [0, 0.05) is 12.1 Å². The van der Waals surface area contributed by atoms with E-state index in [2.05, 4.69) is 4.98 Å². The summed E-state index contributed by atoms with van der Waals surface area (Å²) in [6, 6.07) is 5.96. The van der Waals surface area contributed by atoms with Gasteiger partial charge in [0.25, 0.3) is 0 Å². The van der Waals surface area contributed by atoms with Crippen molar-refractivity contribution in [3.63, 3.8) is 0 Å². The maximum atomic E-state index is 13.1. The summed E-state index contributed by atoms with van der Waals surface area (Å²) in [5.41, 5.74) is 0.0945. The zero-order valence-electron chi connectivity index (χ0n) is 10.5. The third-order valence-electron chi connectivity index (χ3n) is 2.53. The van der Waals surface area contributed by atoms with Crippen molar-refractivity contribution in [2.24, 2.45) is 0 Å². The number of halogens is 1. The summed E-state index contributed by atoms with van der Waals surface area (Å²) in [6.45, 7) is 1.56. The molecule has 20 heavy (non-hydrogen) atoms. The number of aromatic nitrogens is 1. The van der Waals surface area contributed by atoms with Gasteiger partial charge in [-0.05, 0) is 25.1 Å². The smallest absolute Gasteiger partial charge is 0.311 e. The molecular weight excluding hydrogens is 267 g/mol. The Morgan fingerprint density at radius 1 is 1.40 bits per heavy atom. The number of ether oxygens (including phenoxy) is 1. The van der Waals surface area contributed by atoms with Crippen LogP contribution < -0.4 is 4.74 Å². The van der Waals surface area contributed by atoms with Crippen LogP contribution in [0.25, 0.3) is 0 Å². The first-order valence-corrected chi connectivity index (χ1v) is 5.73. The standard InChI is InChI=1S/C13H11FN2O4/c1-8(17)11-4-3-10(7-15-11)20-13-6-9(14)2-5-12(13)16(18)19/h2-8,17H,1H3/t8-/m0/s1. The maximum absolute atomic E-state index is 13.1. The lowest BCUT2D eigenvalue weighted by Gasteiger charge is -2.08. The Labute approximate surface area is 113 Å². The fraction of sp³-hybridized carbons (Fsp3) is 0.154. The fourth-order valence-corrected chi connectivity index (χ4v) is 1.55. The van der Waals surface area contributed by atoms with Gasteiger partial charge in [-0.1, -0.05) is 0 Å². The second kappa shape index (κ2) is 5.62. The first-order valence-electron chi connectivity index (χ1n) is 5.73. The number of nitrogens with zero attached hydrogens (tertiary/aromatic N) is 2. The van der Waals surface area contributed by atoms with E-state index in [1.807, 2.05) is 0 Å². The van der Waals surface area contributed by atoms with Gasteiger partial charge in [0.15, 0.2) is 0 Å². The minimum Gasteiger partial charge on any atom is -0.448 e. The molecule has 0 aliphatic heterocycles. The molecule has 1 aromatic heterocycles. The van der Waals surface area contributed by atoms with Crippen molar-refractivity contribution in [1.82, 2.24) is 4.98 Å². The van der Waals surface area contributed by atoms with E-state index in [0.717, 1.165) is 18.2 Å². The lowest BCUT2D eigenvalue weighted by atomic mass is 10.2. The monoisotopic (exact) mass is 278 g/mol. The van der Waals surface area contributed by atoms with Crippen LogP contribution in [0.2, 0.25) is 0 Å². The Morgan fingerprint density at radius 2 is 2.15 bits per heavy atom. The number of hydrogen-bond donors (Lipinski definition) is 1.